The Hall–Kier alpha value is -0.560. The van der Waals surface area contributed by atoms with Gasteiger partial charge < -0.3 is 9.73 Å². The van der Waals surface area contributed by atoms with E-state index in [9.17, 15) is 8.42 Å². The molecule has 0 aliphatic carbocycles. The number of hydrogen-bond donors (Lipinski definition) is 1. The quantitative estimate of drug-likeness (QED) is 0.898. The Morgan fingerprint density at radius 3 is 2.71 bits per heavy atom. The number of furan rings is 1. The summed E-state index contributed by atoms with van der Waals surface area (Å²) in [5.41, 5.74) is 0. The molecule has 21 heavy (non-hydrogen) atoms. The van der Waals surface area contributed by atoms with Crippen LogP contribution in [0.4, 0.5) is 0 Å². The number of sulfonamides is 1. The normalized spacial score (nSPS) is 24.6. The molecule has 1 fully saturated rings. The molecule has 120 valence electrons. The first-order valence-electron chi connectivity index (χ1n) is 7.27. The average Bonchev–Trinajstić information content (AvgIpc) is 2.82. The van der Waals surface area contributed by atoms with Gasteiger partial charge in [-0.15, -0.1) is 0 Å². The molecule has 1 aromatic heterocycles. The van der Waals surface area contributed by atoms with Crippen LogP contribution in [0.3, 0.4) is 0 Å². The maximum atomic E-state index is 12.2. The van der Waals surface area contributed by atoms with E-state index in [4.69, 9.17) is 16.0 Å². The lowest BCUT2D eigenvalue weighted by molar-refractivity contribution is 0.215. The van der Waals surface area contributed by atoms with Gasteiger partial charge in [0.1, 0.15) is 5.76 Å². The molecule has 0 aromatic carbocycles. The van der Waals surface area contributed by atoms with E-state index in [0.717, 1.165) is 12.2 Å². The number of halogens is 1. The van der Waals surface area contributed by atoms with Gasteiger partial charge in [-0.1, -0.05) is 6.92 Å². The van der Waals surface area contributed by atoms with Crippen LogP contribution in [0.5, 0.6) is 0 Å². The molecule has 2 heterocycles. The first-order valence-corrected chi connectivity index (χ1v) is 9.15. The van der Waals surface area contributed by atoms with Crippen molar-refractivity contribution in [3.63, 3.8) is 0 Å². The third kappa shape index (κ3) is 4.00. The first-order chi connectivity index (χ1) is 9.80. The molecule has 0 unspecified atom stereocenters. The topological polar surface area (TPSA) is 62.6 Å². The Balaban J connectivity index is 1.89. The number of nitrogens with zero attached hydrogens (tertiary/aromatic N) is 1. The van der Waals surface area contributed by atoms with Gasteiger partial charge >= 0.3 is 0 Å². The van der Waals surface area contributed by atoms with Crippen LogP contribution in [0.15, 0.2) is 16.5 Å². The summed E-state index contributed by atoms with van der Waals surface area (Å²) in [5.74, 6) is 1.06. The van der Waals surface area contributed by atoms with Crippen LogP contribution in [0.25, 0.3) is 0 Å². The fourth-order valence-corrected chi connectivity index (χ4v) is 4.18. The summed E-state index contributed by atoms with van der Waals surface area (Å²) in [4.78, 5) is 0. The van der Waals surface area contributed by atoms with Crippen LogP contribution in [-0.2, 0) is 16.6 Å². The van der Waals surface area contributed by atoms with Crippen LogP contribution in [0.2, 0.25) is 5.22 Å². The Kier molecular flexibility index (Phi) is 5.35. The van der Waals surface area contributed by atoms with E-state index in [1.807, 2.05) is 6.07 Å². The van der Waals surface area contributed by atoms with E-state index in [2.05, 4.69) is 12.2 Å². The molecule has 1 aliphatic heterocycles. The van der Waals surface area contributed by atoms with Crippen molar-refractivity contribution in [3.05, 3.63) is 23.1 Å². The molecular formula is C14H23ClN2O3S. The zero-order valence-corrected chi connectivity index (χ0v) is 14.2. The van der Waals surface area contributed by atoms with Gasteiger partial charge in [-0.25, -0.2) is 12.7 Å². The van der Waals surface area contributed by atoms with Crippen molar-refractivity contribution < 1.29 is 12.8 Å². The minimum Gasteiger partial charge on any atom is -0.448 e. The Bertz CT molecular complexity index is 571. The van der Waals surface area contributed by atoms with E-state index in [1.54, 1.807) is 24.2 Å². The maximum Gasteiger partial charge on any atom is 0.216 e. The minimum atomic E-state index is -3.15. The first kappa shape index (κ1) is 16.8. The SMILES string of the molecule is CC(C)S(=O)(=O)N1CC[C@H](NCc2ccc(Cl)o2)[C@H](C)C1. The molecule has 1 N–H and O–H groups in total. The van der Waals surface area contributed by atoms with Crippen LogP contribution in [0.1, 0.15) is 33.0 Å². The van der Waals surface area contributed by atoms with Gasteiger partial charge in [0.05, 0.1) is 11.8 Å². The highest BCUT2D eigenvalue weighted by molar-refractivity contribution is 7.89. The third-order valence-electron chi connectivity index (χ3n) is 3.99. The molecule has 2 rings (SSSR count). The smallest absolute Gasteiger partial charge is 0.216 e. The summed E-state index contributed by atoms with van der Waals surface area (Å²) in [5, 5.41) is 3.45. The van der Waals surface area contributed by atoms with Crippen molar-refractivity contribution in [2.45, 2.75) is 45.0 Å². The van der Waals surface area contributed by atoms with Crippen molar-refractivity contribution >= 4 is 21.6 Å². The molecule has 0 amide bonds. The fraction of sp³-hybridized carbons (Fsp3) is 0.714. The molecule has 0 radical (unpaired) electrons. The molecule has 1 saturated heterocycles. The monoisotopic (exact) mass is 334 g/mol. The number of rotatable bonds is 5. The predicted octanol–water partition coefficient (Wildman–Crippen LogP) is 2.47. The van der Waals surface area contributed by atoms with Crippen LogP contribution < -0.4 is 5.32 Å². The Morgan fingerprint density at radius 2 is 2.19 bits per heavy atom. The molecule has 1 aliphatic rings. The summed E-state index contributed by atoms with van der Waals surface area (Å²) in [6, 6.07) is 3.85. The third-order valence-corrected chi connectivity index (χ3v) is 6.44. The van der Waals surface area contributed by atoms with Crippen LogP contribution in [-0.4, -0.2) is 37.1 Å². The van der Waals surface area contributed by atoms with Gasteiger partial charge in [0, 0.05) is 19.1 Å². The number of piperidine rings is 1. The summed E-state index contributed by atoms with van der Waals surface area (Å²) in [6.07, 6.45) is 0.807. The lowest BCUT2D eigenvalue weighted by atomic mass is 9.95. The molecule has 0 bridgehead atoms. The molecule has 2 atom stereocenters. The van der Waals surface area contributed by atoms with Gasteiger partial charge in [0.2, 0.25) is 10.0 Å². The van der Waals surface area contributed by atoms with Gasteiger partial charge in [-0.05, 0) is 49.9 Å². The van der Waals surface area contributed by atoms with E-state index in [0.29, 0.717) is 24.9 Å². The minimum absolute atomic E-state index is 0.262. The summed E-state index contributed by atoms with van der Waals surface area (Å²) in [6.45, 7) is 7.28. The number of nitrogens with one attached hydrogen (secondary N) is 1. The molecule has 0 saturated carbocycles. The van der Waals surface area contributed by atoms with Crippen molar-refractivity contribution in [3.8, 4) is 0 Å². The average molecular weight is 335 g/mol. The highest BCUT2D eigenvalue weighted by atomic mass is 35.5. The highest BCUT2D eigenvalue weighted by Crippen LogP contribution is 2.22. The molecule has 5 nitrogen and oxygen atoms in total. The van der Waals surface area contributed by atoms with E-state index >= 15 is 0 Å². The lowest BCUT2D eigenvalue weighted by Gasteiger charge is -2.37. The molecule has 0 spiro atoms. The predicted molar refractivity (Wildman–Crippen MR) is 83.8 cm³/mol. The van der Waals surface area contributed by atoms with Crippen LogP contribution in [0, 0.1) is 5.92 Å². The zero-order chi connectivity index (χ0) is 15.6. The second kappa shape index (κ2) is 6.69. The van der Waals surface area contributed by atoms with Gasteiger partial charge in [0.15, 0.2) is 5.22 Å². The molecular weight excluding hydrogens is 312 g/mol. The van der Waals surface area contributed by atoms with E-state index in [1.165, 1.54) is 0 Å². The summed E-state index contributed by atoms with van der Waals surface area (Å²) < 4.78 is 31.3. The lowest BCUT2D eigenvalue weighted by Crippen LogP contribution is -2.51. The second-order valence-electron chi connectivity index (χ2n) is 5.91. The van der Waals surface area contributed by atoms with Gasteiger partial charge in [-0.2, -0.15) is 0 Å². The maximum absolute atomic E-state index is 12.2. The van der Waals surface area contributed by atoms with Gasteiger partial charge in [0.25, 0.3) is 0 Å². The summed E-state index contributed by atoms with van der Waals surface area (Å²) in [7, 11) is -3.15. The van der Waals surface area contributed by atoms with Gasteiger partial charge in [-0.3, -0.25) is 0 Å². The van der Waals surface area contributed by atoms with E-state index < -0.39 is 10.0 Å². The second-order valence-corrected chi connectivity index (χ2v) is 8.77. The van der Waals surface area contributed by atoms with E-state index in [-0.39, 0.29) is 17.2 Å². The molecule has 1 aromatic rings. The molecule has 7 heteroatoms. The van der Waals surface area contributed by atoms with Crippen molar-refractivity contribution in [1.82, 2.24) is 9.62 Å². The summed E-state index contributed by atoms with van der Waals surface area (Å²) >= 11 is 5.74. The Morgan fingerprint density at radius 1 is 1.48 bits per heavy atom. The zero-order valence-electron chi connectivity index (χ0n) is 12.7. The largest absolute Gasteiger partial charge is 0.448 e. The Labute approximate surface area is 131 Å². The van der Waals surface area contributed by atoms with Crippen LogP contribution >= 0.6 is 11.6 Å². The number of hydrogen-bond acceptors (Lipinski definition) is 4. The van der Waals surface area contributed by atoms with Crippen molar-refractivity contribution in [2.24, 2.45) is 5.92 Å². The van der Waals surface area contributed by atoms with Crippen molar-refractivity contribution in [1.29, 1.82) is 0 Å². The standard InChI is InChI=1S/C14H23ClN2O3S/c1-10(2)21(18,19)17-7-6-13(11(3)9-17)16-8-12-4-5-14(15)20-12/h4-5,10-11,13,16H,6-9H2,1-3H3/t11-,13+/m1/s1. The fourth-order valence-electron chi connectivity index (χ4n) is 2.62. The van der Waals surface area contributed by atoms with Crippen molar-refractivity contribution in [2.75, 3.05) is 13.1 Å². The highest BCUT2D eigenvalue weighted by Gasteiger charge is 2.33.